The number of aromatic nitrogens is 3. The first-order valence-corrected chi connectivity index (χ1v) is 11.5. The third-order valence-electron chi connectivity index (χ3n) is 6.43. The number of H-pyrrole nitrogens is 1. The van der Waals surface area contributed by atoms with E-state index < -0.39 is 0 Å². The lowest BCUT2D eigenvalue weighted by atomic mass is 10.0. The van der Waals surface area contributed by atoms with E-state index >= 15 is 4.39 Å². The molecule has 3 aromatic rings. The Bertz CT molecular complexity index is 1200. The molecule has 0 aliphatic carbocycles. The maximum absolute atomic E-state index is 15.4. The summed E-state index contributed by atoms with van der Waals surface area (Å²) in [4.78, 5) is 28.4. The fourth-order valence-corrected chi connectivity index (χ4v) is 4.35. The minimum Gasteiger partial charge on any atom is -0.387 e. The number of hydrogen-bond acceptors (Lipinski definition) is 6. The van der Waals surface area contributed by atoms with E-state index in [1.54, 1.807) is 6.07 Å². The topological polar surface area (TPSA) is 77.1 Å². The second kappa shape index (κ2) is 9.70. The number of pyridine rings is 1. The molecule has 1 atom stereocenters. The number of hydrogen-bond donors (Lipinski definition) is 2. The molecule has 1 aliphatic heterocycles. The van der Waals surface area contributed by atoms with Crippen molar-refractivity contribution in [1.82, 2.24) is 25.2 Å². The Morgan fingerprint density at radius 1 is 1.24 bits per heavy atom. The Morgan fingerprint density at radius 3 is 2.64 bits per heavy atom. The number of rotatable bonds is 7. The van der Waals surface area contributed by atoms with Gasteiger partial charge in [0.1, 0.15) is 11.2 Å². The van der Waals surface area contributed by atoms with Gasteiger partial charge in [-0.25, -0.2) is 9.37 Å². The smallest absolute Gasteiger partial charge is 0.270 e. The Kier molecular flexibility index (Phi) is 6.74. The number of fused-ring (bicyclic) bond motifs is 1. The van der Waals surface area contributed by atoms with Crippen LogP contribution in [0.4, 0.5) is 10.1 Å². The van der Waals surface area contributed by atoms with Crippen molar-refractivity contribution in [2.75, 3.05) is 38.1 Å². The average molecular weight is 451 g/mol. The van der Waals surface area contributed by atoms with E-state index in [2.05, 4.69) is 42.7 Å². The summed E-state index contributed by atoms with van der Waals surface area (Å²) < 4.78 is 15.4. The molecule has 0 radical (unpaired) electrons. The monoisotopic (exact) mass is 450 g/mol. The molecule has 3 heterocycles. The van der Waals surface area contributed by atoms with Gasteiger partial charge in [0.2, 0.25) is 0 Å². The molecular weight excluding hydrogens is 419 g/mol. The molecule has 0 bridgehead atoms. The largest absolute Gasteiger partial charge is 0.387 e. The highest BCUT2D eigenvalue weighted by Gasteiger charge is 2.25. The van der Waals surface area contributed by atoms with Gasteiger partial charge in [0.15, 0.2) is 5.82 Å². The molecule has 8 heteroatoms. The molecule has 7 nitrogen and oxygen atoms in total. The van der Waals surface area contributed by atoms with Crippen LogP contribution in [0.3, 0.4) is 0 Å². The van der Waals surface area contributed by atoms with Gasteiger partial charge in [-0.2, -0.15) is 0 Å². The van der Waals surface area contributed by atoms with Crippen molar-refractivity contribution in [3.05, 3.63) is 70.2 Å². The predicted octanol–water partition coefficient (Wildman–Crippen LogP) is 3.48. The summed E-state index contributed by atoms with van der Waals surface area (Å²) in [6.45, 7) is 11.2. The molecule has 2 aromatic heterocycles. The van der Waals surface area contributed by atoms with Gasteiger partial charge in [-0.15, -0.1) is 0 Å². The highest BCUT2D eigenvalue weighted by Crippen LogP contribution is 2.28. The molecule has 0 amide bonds. The summed E-state index contributed by atoms with van der Waals surface area (Å²) in [5.74, 6) is -0.389. The Labute approximate surface area is 193 Å². The van der Waals surface area contributed by atoms with Crippen LogP contribution >= 0.6 is 0 Å². The molecule has 1 unspecified atom stereocenters. The Hall–Kier alpha value is -3.26. The number of halogens is 1. The Morgan fingerprint density at radius 2 is 2.00 bits per heavy atom. The van der Waals surface area contributed by atoms with Crippen molar-refractivity contribution < 1.29 is 4.39 Å². The Balaban J connectivity index is 1.47. The summed E-state index contributed by atoms with van der Waals surface area (Å²) in [6, 6.07) is 7.52. The van der Waals surface area contributed by atoms with Gasteiger partial charge in [-0.3, -0.25) is 14.7 Å². The maximum Gasteiger partial charge on any atom is 0.270 e. The first kappa shape index (κ1) is 22.9. The molecule has 174 valence electrons. The molecule has 1 aromatic carbocycles. The summed E-state index contributed by atoms with van der Waals surface area (Å²) in [5, 5.41) is 3.01. The van der Waals surface area contributed by atoms with Crippen molar-refractivity contribution in [3.8, 4) is 0 Å². The molecule has 2 N–H and O–H groups in total. The lowest BCUT2D eigenvalue weighted by Gasteiger charge is -2.39. The molecule has 1 aliphatic rings. The van der Waals surface area contributed by atoms with Crippen molar-refractivity contribution in [1.29, 1.82) is 0 Å². The first-order chi connectivity index (χ1) is 15.9. The van der Waals surface area contributed by atoms with Gasteiger partial charge in [0.25, 0.3) is 5.56 Å². The van der Waals surface area contributed by atoms with Crippen molar-refractivity contribution in [2.45, 2.75) is 32.7 Å². The number of anilines is 1. The molecule has 33 heavy (non-hydrogen) atoms. The van der Waals surface area contributed by atoms with Gasteiger partial charge in [0, 0.05) is 44.8 Å². The van der Waals surface area contributed by atoms with Crippen LogP contribution in [0, 0.1) is 5.82 Å². The van der Waals surface area contributed by atoms with Crippen LogP contribution < -0.4 is 15.8 Å². The van der Waals surface area contributed by atoms with Crippen LogP contribution in [0.25, 0.3) is 16.7 Å². The number of benzene rings is 1. The third kappa shape index (κ3) is 4.61. The number of aromatic amines is 1. The quantitative estimate of drug-likeness (QED) is 0.574. The first-order valence-electron chi connectivity index (χ1n) is 11.5. The van der Waals surface area contributed by atoms with Crippen LogP contribution in [0.2, 0.25) is 0 Å². The zero-order chi connectivity index (χ0) is 23.5. The lowest BCUT2D eigenvalue weighted by molar-refractivity contribution is 0.195. The standard InChI is InChI=1S/C25H31FN6O/c1-5-6-22-25(33)30-24-21(29-22)10-8-19(23(24)26)17(3)31-11-13-32(14-12-31)18-7-9-20(28-15-18)16(2)27-4/h7-10,15,17,27H,2,5-6,11-14H2,1,3-4H3,(H,30,33). The summed E-state index contributed by atoms with van der Waals surface area (Å²) in [5.41, 5.74) is 4.10. The lowest BCUT2D eigenvalue weighted by Crippen LogP contribution is -2.47. The molecule has 0 saturated carbocycles. The number of piperazine rings is 1. The number of nitrogens with one attached hydrogen (secondary N) is 2. The second-order valence-electron chi connectivity index (χ2n) is 8.45. The number of aryl methyl sites for hydroxylation is 1. The van der Waals surface area contributed by atoms with E-state index in [1.165, 1.54) is 0 Å². The molecular formula is C25H31FN6O. The van der Waals surface area contributed by atoms with E-state index in [0.29, 0.717) is 23.2 Å². The van der Waals surface area contributed by atoms with Crippen LogP contribution in [0.5, 0.6) is 0 Å². The average Bonchev–Trinajstić information content (AvgIpc) is 2.85. The van der Waals surface area contributed by atoms with Gasteiger partial charge >= 0.3 is 0 Å². The van der Waals surface area contributed by atoms with Crippen LogP contribution in [-0.4, -0.2) is 53.1 Å². The van der Waals surface area contributed by atoms with E-state index in [-0.39, 0.29) is 22.9 Å². The molecule has 0 spiro atoms. The minimum absolute atomic E-state index is 0.116. The van der Waals surface area contributed by atoms with Gasteiger partial charge in [0.05, 0.1) is 28.8 Å². The van der Waals surface area contributed by atoms with Gasteiger partial charge in [-0.1, -0.05) is 26.0 Å². The van der Waals surface area contributed by atoms with E-state index in [4.69, 9.17) is 0 Å². The normalized spacial score (nSPS) is 15.6. The van der Waals surface area contributed by atoms with Crippen LogP contribution in [0.15, 0.2) is 41.8 Å². The van der Waals surface area contributed by atoms with E-state index in [0.717, 1.165) is 49.7 Å². The third-order valence-corrected chi connectivity index (χ3v) is 6.43. The van der Waals surface area contributed by atoms with Crippen molar-refractivity contribution in [2.24, 2.45) is 0 Å². The highest BCUT2D eigenvalue weighted by molar-refractivity contribution is 5.76. The zero-order valence-electron chi connectivity index (χ0n) is 19.5. The highest BCUT2D eigenvalue weighted by atomic mass is 19.1. The maximum atomic E-state index is 15.4. The molecule has 1 fully saturated rings. The zero-order valence-corrected chi connectivity index (χ0v) is 19.5. The van der Waals surface area contributed by atoms with E-state index in [9.17, 15) is 4.79 Å². The summed E-state index contributed by atoms with van der Waals surface area (Å²) in [6.07, 6.45) is 3.27. The molecule has 1 saturated heterocycles. The van der Waals surface area contributed by atoms with Gasteiger partial charge < -0.3 is 15.2 Å². The number of nitrogens with zero attached hydrogens (tertiary/aromatic N) is 4. The summed E-state index contributed by atoms with van der Waals surface area (Å²) >= 11 is 0. The van der Waals surface area contributed by atoms with Crippen LogP contribution in [0.1, 0.15) is 43.3 Å². The SMILES string of the molecule is C=C(NC)c1ccc(N2CCN(C(C)c3ccc4nc(CCC)c(=O)[nH]c4c3F)CC2)cn1. The fourth-order valence-electron chi connectivity index (χ4n) is 4.35. The van der Waals surface area contributed by atoms with Crippen LogP contribution in [-0.2, 0) is 6.42 Å². The molecule has 4 rings (SSSR count). The predicted molar refractivity (Wildman–Crippen MR) is 131 cm³/mol. The van der Waals surface area contributed by atoms with Crippen molar-refractivity contribution in [3.63, 3.8) is 0 Å². The van der Waals surface area contributed by atoms with E-state index in [1.807, 2.05) is 39.2 Å². The fraction of sp³-hybridized carbons (Fsp3) is 0.400. The summed E-state index contributed by atoms with van der Waals surface area (Å²) in [7, 11) is 1.83. The van der Waals surface area contributed by atoms with Gasteiger partial charge in [-0.05, 0) is 31.5 Å². The second-order valence-corrected chi connectivity index (χ2v) is 8.45. The van der Waals surface area contributed by atoms with Crippen molar-refractivity contribution >= 4 is 22.4 Å². The minimum atomic E-state index is -0.389.